The molecule has 0 radical (unpaired) electrons. The molecule has 0 saturated carbocycles. The second kappa shape index (κ2) is 8.10. The highest BCUT2D eigenvalue weighted by Crippen LogP contribution is 2.24. The summed E-state index contributed by atoms with van der Waals surface area (Å²) in [7, 11) is 1.94. The van der Waals surface area contributed by atoms with Gasteiger partial charge in [-0.3, -0.25) is 4.79 Å². The molecule has 7 nitrogen and oxygen atoms in total. The van der Waals surface area contributed by atoms with E-state index in [-0.39, 0.29) is 5.91 Å². The Balaban J connectivity index is 1.33. The Labute approximate surface area is 166 Å². The number of aryl methyl sites for hydroxylation is 1. The molecule has 4 aromatic rings. The third-order valence-electron chi connectivity index (χ3n) is 4.13. The summed E-state index contributed by atoms with van der Waals surface area (Å²) in [5.74, 6) is 1.29. The van der Waals surface area contributed by atoms with Crippen LogP contribution in [0, 0.1) is 0 Å². The van der Waals surface area contributed by atoms with E-state index < -0.39 is 0 Å². The maximum atomic E-state index is 12.3. The zero-order valence-electron chi connectivity index (χ0n) is 15.3. The number of nitrogens with one attached hydrogen (secondary N) is 2. The highest BCUT2D eigenvalue weighted by molar-refractivity contribution is 7.17. The highest BCUT2D eigenvalue weighted by Gasteiger charge is 2.13. The van der Waals surface area contributed by atoms with Crippen LogP contribution in [0.2, 0.25) is 0 Å². The fourth-order valence-electron chi connectivity index (χ4n) is 2.73. The number of para-hydroxylation sites is 3. The van der Waals surface area contributed by atoms with Crippen LogP contribution < -0.4 is 15.4 Å². The Morgan fingerprint density at radius 3 is 2.75 bits per heavy atom. The van der Waals surface area contributed by atoms with Crippen LogP contribution in [-0.4, -0.2) is 33.6 Å². The van der Waals surface area contributed by atoms with Gasteiger partial charge in [0, 0.05) is 7.05 Å². The van der Waals surface area contributed by atoms with Gasteiger partial charge in [-0.15, -0.1) is 0 Å². The second-order valence-corrected chi connectivity index (χ2v) is 7.09. The lowest BCUT2D eigenvalue weighted by atomic mass is 10.3. The van der Waals surface area contributed by atoms with Crippen molar-refractivity contribution in [2.75, 3.05) is 18.5 Å². The van der Waals surface area contributed by atoms with Crippen LogP contribution in [0.5, 0.6) is 5.75 Å². The first-order chi connectivity index (χ1) is 13.7. The van der Waals surface area contributed by atoms with E-state index in [0.717, 1.165) is 16.8 Å². The molecule has 2 aromatic carbocycles. The Morgan fingerprint density at radius 1 is 1.14 bits per heavy atom. The van der Waals surface area contributed by atoms with Crippen LogP contribution in [0.4, 0.5) is 11.1 Å². The highest BCUT2D eigenvalue weighted by atomic mass is 32.1. The number of anilines is 2. The van der Waals surface area contributed by atoms with Gasteiger partial charge in [0.15, 0.2) is 5.13 Å². The Bertz CT molecular complexity index is 1090. The van der Waals surface area contributed by atoms with Gasteiger partial charge in [0.2, 0.25) is 5.95 Å². The normalized spacial score (nSPS) is 10.8. The molecule has 0 fully saturated rings. The fraction of sp³-hybridized carbons (Fsp3) is 0.150. The average Bonchev–Trinajstić information content (AvgIpc) is 3.32. The first-order valence-electron chi connectivity index (χ1n) is 8.81. The van der Waals surface area contributed by atoms with Crippen molar-refractivity contribution in [2.45, 2.75) is 0 Å². The number of fused-ring (bicyclic) bond motifs is 1. The lowest BCUT2D eigenvalue weighted by Gasteiger charge is -2.06. The molecule has 4 rings (SSSR count). The smallest absolute Gasteiger partial charge is 0.263 e. The molecule has 0 aliphatic heterocycles. The van der Waals surface area contributed by atoms with Gasteiger partial charge >= 0.3 is 0 Å². The van der Waals surface area contributed by atoms with Gasteiger partial charge < -0.3 is 19.9 Å². The molecule has 142 valence electrons. The van der Waals surface area contributed by atoms with E-state index in [1.807, 2.05) is 66.2 Å². The number of rotatable bonds is 7. The minimum Gasteiger partial charge on any atom is -0.492 e. The molecule has 0 aliphatic rings. The van der Waals surface area contributed by atoms with E-state index >= 15 is 0 Å². The van der Waals surface area contributed by atoms with Crippen molar-refractivity contribution in [1.29, 1.82) is 0 Å². The molecule has 2 N–H and O–H groups in total. The average molecular weight is 393 g/mol. The summed E-state index contributed by atoms with van der Waals surface area (Å²) in [6.07, 6.45) is 1.56. The topological polar surface area (TPSA) is 81.1 Å². The van der Waals surface area contributed by atoms with Crippen molar-refractivity contribution >= 4 is 39.4 Å². The van der Waals surface area contributed by atoms with Gasteiger partial charge in [-0.1, -0.05) is 41.7 Å². The van der Waals surface area contributed by atoms with Gasteiger partial charge in [-0.25, -0.2) is 9.97 Å². The maximum Gasteiger partial charge on any atom is 0.263 e. The number of imidazole rings is 1. The Kier molecular flexibility index (Phi) is 5.20. The van der Waals surface area contributed by atoms with E-state index in [1.54, 1.807) is 6.20 Å². The Morgan fingerprint density at radius 2 is 1.93 bits per heavy atom. The number of hydrogen-bond acceptors (Lipinski definition) is 6. The van der Waals surface area contributed by atoms with Gasteiger partial charge in [0.1, 0.15) is 17.2 Å². The predicted octanol–water partition coefficient (Wildman–Crippen LogP) is 3.58. The number of nitrogens with zero attached hydrogens (tertiary/aromatic N) is 3. The second-order valence-electron chi connectivity index (χ2n) is 6.06. The van der Waals surface area contributed by atoms with Crippen LogP contribution in [0.15, 0.2) is 60.8 Å². The minimum atomic E-state index is -0.174. The number of ether oxygens (including phenoxy) is 1. The maximum absolute atomic E-state index is 12.3. The molecule has 0 spiro atoms. The minimum absolute atomic E-state index is 0.174. The summed E-state index contributed by atoms with van der Waals surface area (Å²) in [6.45, 7) is 0.818. The van der Waals surface area contributed by atoms with E-state index in [1.165, 1.54) is 11.3 Å². The summed E-state index contributed by atoms with van der Waals surface area (Å²) < 4.78 is 7.52. The largest absolute Gasteiger partial charge is 0.492 e. The van der Waals surface area contributed by atoms with Gasteiger partial charge in [0.25, 0.3) is 5.91 Å². The summed E-state index contributed by atoms with van der Waals surface area (Å²) in [6, 6.07) is 17.4. The van der Waals surface area contributed by atoms with E-state index in [2.05, 4.69) is 20.6 Å². The lowest BCUT2D eigenvalue weighted by Crippen LogP contribution is -2.27. The van der Waals surface area contributed by atoms with Crippen molar-refractivity contribution < 1.29 is 9.53 Å². The molecule has 2 aromatic heterocycles. The van der Waals surface area contributed by atoms with E-state index in [0.29, 0.717) is 29.1 Å². The molecule has 28 heavy (non-hydrogen) atoms. The van der Waals surface area contributed by atoms with Crippen molar-refractivity contribution in [1.82, 2.24) is 19.9 Å². The lowest BCUT2D eigenvalue weighted by molar-refractivity contribution is 0.0951. The SMILES string of the molecule is Cn1c(Nc2ncc(C(=O)NCCOc3ccccc3)s2)nc2ccccc21. The van der Waals surface area contributed by atoms with Crippen molar-refractivity contribution in [3.63, 3.8) is 0 Å². The molecule has 1 amide bonds. The van der Waals surface area contributed by atoms with Crippen LogP contribution in [0.25, 0.3) is 11.0 Å². The summed E-state index contributed by atoms with van der Waals surface area (Å²) in [5, 5.41) is 6.63. The van der Waals surface area contributed by atoms with Crippen molar-refractivity contribution in [2.24, 2.45) is 7.05 Å². The number of carbonyl (C=O) groups is 1. The van der Waals surface area contributed by atoms with E-state index in [9.17, 15) is 4.79 Å². The quantitative estimate of drug-likeness (QED) is 0.469. The van der Waals surface area contributed by atoms with Crippen molar-refractivity contribution in [3.8, 4) is 5.75 Å². The molecule has 0 saturated heterocycles. The third-order valence-corrected chi connectivity index (χ3v) is 5.05. The number of hydrogen-bond donors (Lipinski definition) is 2. The van der Waals surface area contributed by atoms with Crippen molar-refractivity contribution in [3.05, 3.63) is 65.7 Å². The molecular weight excluding hydrogens is 374 g/mol. The first kappa shape index (κ1) is 18.0. The molecule has 8 heteroatoms. The van der Waals surface area contributed by atoms with Crippen LogP contribution >= 0.6 is 11.3 Å². The summed E-state index contributed by atoms with van der Waals surface area (Å²) in [5.41, 5.74) is 1.93. The monoisotopic (exact) mass is 393 g/mol. The Hall–Kier alpha value is -3.39. The molecular formula is C20H19N5O2S. The molecule has 0 unspecified atom stereocenters. The number of benzene rings is 2. The number of thiazole rings is 1. The first-order valence-corrected chi connectivity index (χ1v) is 9.63. The fourth-order valence-corrected chi connectivity index (χ4v) is 3.45. The zero-order chi connectivity index (χ0) is 19.3. The molecule has 0 atom stereocenters. The van der Waals surface area contributed by atoms with Crippen LogP contribution in [0.1, 0.15) is 9.67 Å². The summed E-state index contributed by atoms with van der Waals surface area (Å²) in [4.78, 5) is 21.6. The molecule has 2 heterocycles. The number of carbonyl (C=O) groups excluding carboxylic acids is 1. The van der Waals surface area contributed by atoms with Gasteiger partial charge in [-0.2, -0.15) is 0 Å². The third kappa shape index (κ3) is 3.96. The van der Waals surface area contributed by atoms with Crippen LogP contribution in [0.3, 0.4) is 0 Å². The predicted molar refractivity (Wildman–Crippen MR) is 110 cm³/mol. The van der Waals surface area contributed by atoms with Crippen LogP contribution in [-0.2, 0) is 7.05 Å². The molecule has 0 bridgehead atoms. The zero-order valence-corrected chi connectivity index (χ0v) is 16.1. The molecule has 0 aliphatic carbocycles. The van der Waals surface area contributed by atoms with Gasteiger partial charge in [-0.05, 0) is 24.3 Å². The standard InChI is InChI=1S/C20H19N5O2S/c1-25-16-10-6-5-9-15(16)23-19(25)24-20-22-13-17(28-20)18(26)21-11-12-27-14-7-3-2-4-8-14/h2-10,13H,11-12H2,1H3,(H,21,26)(H,22,23,24). The number of amides is 1. The number of aromatic nitrogens is 3. The van der Waals surface area contributed by atoms with E-state index in [4.69, 9.17) is 4.74 Å². The van der Waals surface area contributed by atoms with Gasteiger partial charge in [0.05, 0.1) is 23.8 Å². The summed E-state index contributed by atoms with van der Waals surface area (Å²) >= 11 is 1.28.